The number of carbonyl (C=O) groups excluding carboxylic acids is 1. The molecule has 4 rings (SSSR count). The minimum atomic E-state index is -0.360. The molecule has 3 heterocycles. The Balaban J connectivity index is 1.26. The molecule has 1 amide bonds. The third kappa shape index (κ3) is 4.75. The van der Waals surface area contributed by atoms with E-state index in [2.05, 4.69) is 10.2 Å². The molecule has 0 bridgehead atoms. The lowest BCUT2D eigenvalue weighted by molar-refractivity contribution is -0.127. The van der Waals surface area contributed by atoms with Gasteiger partial charge in [-0.05, 0) is 30.3 Å². The lowest BCUT2D eigenvalue weighted by Gasteiger charge is -2.34. The van der Waals surface area contributed by atoms with Gasteiger partial charge in [0.25, 0.3) is 0 Å². The quantitative estimate of drug-likeness (QED) is 0.512. The summed E-state index contributed by atoms with van der Waals surface area (Å²) in [6.07, 6.45) is 4.84. The number of nitrogens with one attached hydrogen (secondary N) is 1. The first kappa shape index (κ1) is 19.0. The molecule has 7 heteroatoms. The van der Waals surface area contributed by atoms with Gasteiger partial charge in [-0.1, -0.05) is 12.1 Å². The zero-order valence-corrected chi connectivity index (χ0v) is 16.0. The van der Waals surface area contributed by atoms with E-state index in [1.807, 2.05) is 29.2 Å². The van der Waals surface area contributed by atoms with Crippen LogP contribution in [0.15, 0.2) is 68.4 Å². The molecule has 0 unspecified atom stereocenters. The Morgan fingerprint density at radius 2 is 1.93 bits per heavy atom. The third-order valence-electron chi connectivity index (χ3n) is 5.01. The van der Waals surface area contributed by atoms with Crippen molar-refractivity contribution < 1.29 is 13.6 Å². The number of piperazine rings is 1. The molecule has 3 aromatic rings. The number of hydrogen-bond acceptors (Lipinski definition) is 6. The number of anilines is 1. The van der Waals surface area contributed by atoms with E-state index in [-0.39, 0.29) is 11.5 Å². The van der Waals surface area contributed by atoms with Crippen LogP contribution in [0.25, 0.3) is 17.0 Å². The van der Waals surface area contributed by atoms with Crippen LogP contribution in [0.2, 0.25) is 0 Å². The van der Waals surface area contributed by atoms with E-state index in [4.69, 9.17) is 8.83 Å². The van der Waals surface area contributed by atoms with E-state index in [0.717, 1.165) is 30.7 Å². The van der Waals surface area contributed by atoms with Gasteiger partial charge in [0, 0.05) is 56.8 Å². The Morgan fingerprint density at radius 1 is 1.10 bits per heavy atom. The second-order valence-electron chi connectivity index (χ2n) is 6.92. The average Bonchev–Trinajstić information content (AvgIpc) is 3.26. The van der Waals surface area contributed by atoms with Crippen molar-refractivity contribution in [2.45, 2.75) is 0 Å². The van der Waals surface area contributed by atoms with Crippen LogP contribution in [0.1, 0.15) is 5.76 Å². The van der Waals surface area contributed by atoms with Gasteiger partial charge in [-0.25, -0.2) is 4.79 Å². The number of nitrogens with zero attached hydrogens (tertiary/aromatic N) is 2. The molecule has 0 radical (unpaired) electrons. The summed E-state index contributed by atoms with van der Waals surface area (Å²) in [5.74, 6) is 0.673. The number of rotatable bonds is 6. The molecule has 7 nitrogen and oxygen atoms in total. The largest absolute Gasteiger partial charge is 0.465 e. The highest BCUT2D eigenvalue weighted by Gasteiger charge is 2.19. The van der Waals surface area contributed by atoms with Crippen LogP contribution >= 0.6 is 0 Å². The Labute approximate surface area is 168 Å². The normalized spacial score (nSPS) is 15.2. The maximum absolute atomic E-state index is 12.3. The standard InChI is InChI=1S/C22H23N3O4/c26-21(8-7-17-4-3-15-28-17)25-13-11-24(12-14-25)10-9-23-19-16-22(27)29-20-6-2-1-5-18(19)20/h1-8,15-16,23H,9-14H2. The van der Waals surface area contributed by atoms with E-state index in [9.17, 15) is 9.59 Å². The van der Waals surface area contributed by atoms with Crippen molar-refractivity contribution in [3.05, 3.63) is 71.0 Å². The SMILES string of the molecule is O=C(C=Cc1ccco1)N1CCN(CCNc2cc(=O)oc3ccccc23)CC1. The topological polar surface area (TPSA) is 78.9 Å². The summed E-state index contributed by atoms with van der Waals surface area (Å²) in [5, 5.41) is 4.24. The summed E-state index contributed by atoms with van der Waals surface area (Å²) in [6.45, 7) is 4.57. The van der Waals surface area contributed by atoms with E-state index >= 15 is 0 Å². The van der Waals surface area contributed by atoms with Crippen molar-refractivity contribution in [3.63, 3.8) is 0 Å². The van der Waals surface area contributed by atoms with Gasteiger partial charge < -0.3 is 19.1 Å². The van der Waals surface area contributed by atoms with Gasteiger partial charge in [0.2, 0.25) is 5.91 Å². The fourth-order valence-corrected chi connectivity index (χ4v) is 3.44. The van der Waals surface area contributed by atoms with E-state index in [1.54, 1.807) is 30.5 Å². The van der Waals surface area contributed by atoms with Crippen molar-refractivity contribution in [3.8, 4) is 0 Å². The summed E-state index contributed by atoms with van der Waals surface area (Å²) in [7, 11) is 0. The lowest BCUT2D eigenvalue weighted by Crippen LogP contribution is -2.49. The van der Waals surface area contributed by atoms with Crippen molar-refractivity contribution in [2.75, 3.05) is 44.6 Å². The number of carbonyl (C=O) groups is 1. The van der Waals surface area contributed by atoms with Gasteiger partial charge in [0.05, 0.1) is 12.0 Å². The fraction of sp³-hybridized carbons (Fsp3) is 0.273. The molecule has 0 saturated carbocycles. The van der Waals surface area contributed by atoms with Crippen LogP contribution in [0.4, 0.5) is 5.69 Å². The van der Waals surface area contributed by atoms with E-state index < -0.39 is 0 Å². The predicted molar refractivity (Wildman–Crippen MR) is 112 cm³/mol. The fourth-order valence-electron chi connectivity index (χ4n) is 3.44. The van der Waals surface area contributed by atoms with Crippen LogP contribution in [0.3, 0.4) is 0 Å². The molecule has 1 aliphatic rings. The molecule has 0 aliphatic carbocycles. The van der Waals surface area contributed by atoms with Gasteiger partial charge in [0.15, 0.2) is 0 Å². The monoisotopic (exact) mass is 393 g/mol. The zero-order valence-electron chi connectivity index (χ0n) is 16.0. The summed E-state index contributed by atoms with van der Waals surface area (Å²) >= 11 is 0. The molecule has 1 N–H and O–H groups in total. The molecule has 0 atom stereocenters. The molecule has 29 heavy (non-hydrogen) atoms. The number of amides is 1. The van der Waals surface area contributed by atoms with Crippen molar-refractivity contribution in [2.24, 2.45) is 0 Å². The zero-order chi connectivity index (χ0) is 20.1. The molecular formula is C22H23N3O4. The van der Waals surface area contributed by atoms with Gasteiger partial charge in [-0.2, -0.15) is 0 Å². The smallest absolute Gasteiger partial charge is 0.338 e. The first-order chi connectivity index (χ1) is 14.2. The second-order valence-corrected chi connectivity index (χ2v) is 6.92. The van der Waals surface area contributed by atoms with E-state index in [1.165, 1.54) is 6.07 Å². The molecule has 150 valence electrons. The molecule has 2 aromatic heterocycles. The molecule has 1 saturated heterocycles. The maximum atomic E-state index is 12.3. The number of para-hydroxylation sites is 1. The Bertz CT molecular complexity index is 1050. The van der Waals surface area contributed by atoms with Gasteiger partial charge in [0.1, 0.15) is 11.3 Å². The third-order valence-corrected chi connectivity index (χ3v) is 5.01. The molecule has 1 fully saturated rings. The summed E-state index contributed by atoms with van der Waals surface area (Å²) in [5.41, 5.74) is 1.01. The minimum Gasteiger partial charge on any atom is -0.465 e. The molecular weight excluding hydrogens is 370 g/mol. The first-order valence-corrected chi connectivity index (χ1v) is 9.69. The second kappa shape index (κ2) is 8.79. The van der Waals surface area contributed by atoms with Crippen LogP contribution in [0, 0.1) is 0 Å². The molecule has 1 aliphatic heterocycles. The highest BCUT2D eigenvalue weighted by Crippen LogP contribution is 2.20. The highest BCUT2D eigenvalue weighted by molar-refractivity contribution is 5.91. The lowest BCUT2D eigenvalue weighted by atomic mass is 10.2. The number of hydrogen-bond donors (Lipinski definition) is 1. The van der Waals surface area contributed by atoms with Gasteiger partial charge >= 0.3 is 5.63 Å². The summed E-state index contributed by atoms with van der Waals surface area (Å²) < 4.78 is 10.4. The Kier molecular flexibility index (Phi) is 5.76. The van der Waals surface area contributed by atoms with Crippen LogP contribution in [-0.2, 0) is 4.79 Å². The highest BCUT2D eigenvalue weighted by atomic mass is 16.4. The molecule has 1 aromatic carbocycles. The predicted octanol–water partition coefficient (Wildman–Crippen LogP) is 2.66. The summed E-state index contributed by atoms with van der Waals surface area (Å²) in [4.78, 5) is 28.2. The number of furan rings is 1. The van der Waals surface area contributed by atoms with Gasteiger partial charge in [-0.3, -0.25) is 9.69 Å². The van der Waals surface area contributed by atoms with Crippen LogP contribution in [-0.4, -0.2) is 55.0 Å². The average molecular weight is 393 g/mol. The van der Waals surface area contributed by atoms with Crippen molar-refractivity contribution in [1.82, 2.24) is 9.80 Å². The number of benzene rings is 1. The van der Waals surface area contributed by atoms with Crippen LogP contribution in [0.5, 0.6) is 0 Å². The van der Waals surface area contributed by atoms with Gasteiger partial charge in [-0.15, -0.1) is 0 Å². The van der Waals surface area contributed by atoms with Crippen LogP contribution < -0.4 is 10.9 Å². The molecule has 0 spiro atoms. The first-order valence-electron chi connectivity index (χ1n) is 9.69. The van der Waals surface area contributed by atoms with Crippen molar-refractivity contribution in [1.29, 1.82) is 0 Å². The minimum absolute atomic E-state index is 0.00153. The van der Waals surface area contributed by atoms with Crippen molar-refractivity contribution >= 4 is 28.6 Å². The maximum Gasteiger partial charge on any atom is 0.338 e. The summed E-state index contributed by atoms with van der Waals surface area (Å²) in [6, 6.07) is 12.6. The van der Waals surface area contributed by atoms with E-state index in [0.29, 0.717) is 31.0 Å². The number of fused-ring (bicyclic) bond motifs is 1. The Hall–Kier alpha value is -3.32. The Morgan fingerprint density at radius 3 is 2.72 bits per heavy atom.